The van der Waals surface area contributed by atoms with E-state index in [1.807, 2.05) is 0 Å². The summed E-state index contributed by atoms with van der Waals surface area (Å²) in [5.41, 5.74) is 0.470. The lowest BCUT2D eigenvalue weighted by Crippen LogP contribution is -2.35. The van der Waals surface area contributed by atoms with Crippen molar-refractivity contribution >= 4 is 36.0 Å². The van der Waals surface area contributed by atoms with E-state index in [2.05, 4.69) is 20.4 Å². The maximum Gasteiger partial charge on any atom is 0.350 e. The number of fused-ring (bicyclic) bond motifs is 1. The van der Waals surface area contributed by atoms with Crippen molar-refractivity contribution in [1.29, 1.82) is 0 Å². The molecule has 33 heavy (non-hydrogen) atoms. The SMILES string of the molecule is O=P(O)(O)COC[C@H]1O[C@H](Cn2ncc3c(NC4CCCCCC4)nc(Cl)nc32)[C@H](O)[C@@H]1O. The fourth-order valence-corrected chi connectivity index (χ4v) is 4.87. The summed E-state index contributed by atoms with van der Waals surface area (Å²) in [6.45, 7) is -0.198. The van der Waals surface area contributed by atoms with Crippen LogP contribution >= 0.6 is 19.2 Å². The highest BCUT2D eigenvalue weighted by Crippen LogP contribution is 2.34. The van der Waals surface area contributed by atoms with Gasteiger partial charge in [-0.3, -0.25) is 4.57 Å². The van der Waals surface area contributed by atoms with Crippen LogP contribution in [0, 0.1) is 0 Å². The standard InChI is InChI=1S/C19H29ClN5O7P/c20-19-23-17(22-11-5-3-1-2-4-6-11)12-7-21-25(18(12)24-19)8-13-15(26)16(27)14(32-13)9-31-10-33(28,29)30/h7,11,13-16,26-27H,1-6,8-10H2,(H,22,23,24)(H2,28,29,30)/t13-,14-,15+,16-/m1/s1. The van der Waals surface area contributed by atoms with Crippen LogP contribution in [0.15, 0.2) is 6.20 Å². The van der Waals surface area contributed by atoms with Crippen LogP contribution in [0.25, 0.3) is 11.0 Å². The molecule has 1 aliphatic heterocycles. The van der Waals surface area contributed by atoms with Crippen molar-refractivity contribution in [3.8, 4) is 0 Å². The van der Waals surface area contributed by atoms with Gasteiger partial charge in [-0.1, -0.05) is 25.7 Å². The van der Waals surface area contributed by atoms with Crippen molar-refractivity contribution in [3.05, 3.63) is 11.5 Å². The van der Waals surface area contributed by atoms with E-state index in [-0.39, 0.29) is 18.4 Å². The first-order chi connectivity index (χ1) is 15.7. The Morgan fingerprint density at radius 1 is 1.15 bits per heavy atom. The van der Waals surface area contributed by atoms with Crippen LogP contribution < -0.4 is 5.32 Å². The molecule has 3 heterocycles. The van der Waals surface area contributed by atoms with E-state index < -0.39 is 38.4 Å². The van der Waals surface area contributed by atoms with Gasteiger partial charge in [0.25, 0.3) is 0 Å². The second-order valence-electron chi connectivity index (χ2n) is 8.60. The van der Waals surface area contributed by atoms with Crippen LogP contribution in [0.1, 0.15) is 38.5 Å². The third-order valence-electron chi connectivity index (χ3n) is 6.02. The van der Waals surface area contributed by atoms with Gasteiger partial charge in [0.15, 0.2) is 5.65 Å². The predicted molar refractivity (Wildman–Crippen MR) is 119 cm³/mol. The molecule has 4 rings (SSSR count). The lowest BCUT2D eigenvalue weighted by Gasteiger charge is -2.18. The average molecular weight is 506 g/mol. The van der Waals surface area contributed by atoms with Crippen molar-refractivity contribution in [2.75, 3.05) is 18.3 Å². The Bertz CT molecular complexity index is 996. The number of ether oxygens (including phenoxy) is 2. The molecule has 5 N–H and O–H groups in total. The Kier molecular flexibility index (Phi) is 7.87. The average Bonchev–Trinajstić information content (AvgIpc) is 3.12. The molecule has 14 heteroatoms. The number of rotatable bonds is 8. The van der Waals surface area contributed by atoms with Gasteiger partial charge in [-0.15, -0.1) is 0 Å². The Morgan fingerprint density at radius 2 is 1.85 bits per heavy atom. The largest absolute Gasteiger partial charge is 0.388 e. The lowest BCUT2D eigenvalue weighted by atomic mass is 10.1. The van der Waals surface area contributed by atoms with Crippen molar-refractivity contribution in [3.63, 3.8) is 0 Å². The summed E-state index contributed by atoms with van der Waals surface area (Å²) in [7, 11) is -4.34. The van der Waals surface area contributed by atoms with Crippen LogP contribution in [0.3, 0.4) is 0 Å². The zero-order valence-electron chi connectivity index (χ0n) is 18.0. The molecule has 0 unspecified atom stereocenters. The third kappa shape index (κ3) is 6.20. The number of halogens is 1. The summed E-state index contributed by atoms with van der Waals surface area (Å²) in [6.07, 6.45) is 3.45. The molecular formula is C19H29ClN5O7P. The first-order valence-electron chi connectivity index (χ1n) is 11.0. The van der Waals surface area contributed by atoms with Gasteiger partial charge in [-0.2, -0.15) is 15.1 Å². The zero-order chi connectivity index (χ0) is 23.6. The van der Waals surface area contributed by atoms with E-state index in [0.29, 0.717) is 22.9 Å². The number of hydrogen-bond acceptors (Lipinski definition) is 9. The minimum absolute atomic E-state index is 0.0667. The van der Waals surface area contributed by atoms with Gasteiger partial charge in [0, 0.05) is 6.04 Å². The number of nitrogens with one attached hydrogen (secondary N) is 1. The van der Waals surface area contributed by atoms with Crippen LogP contribution in [0.5, 0.6) is 0 Å². The predicted octanol–water partition coefficient (Wildman–Crippen LogP) is 1.26. The maximum absolute atomic E-state index is 10.9. The number of aliphatic hydroxyl groups is 2. The number of aromatic nitrogens is 4. The van der Waals surface area contributed by atoms with Crippen molar-refractivity contribution < 1.29 is 34.0 Å². The second-order valence-corrected chi connectivity index (χ2v) is 10.5. The molecule has 2 aliphatic rings. The van der Waals surface area contributed by atoms with E-state index in [1.165, 1.54) is 17.5 Å². The van der Waals surface area contributed by atoms with Crippen molar-refractivity contribution in [2.45, 2.75) is 75.5 Å². The van der Waals surface area contributed by atoms with Gasteiger partial charge in [0.1, 0.15) is 36.6 Å². The highest BCUT2D eigenvalue weighted by Gasteiger charge is 2.43. The first kappa shape index (κ1) is 24.7. The molecule has 0 radical (unpaired) electrons. The minimum Gasteiger partial charge on any atom is -0.388 e. The molecule has 1 saturated carbocycles. The van der Waals surface area contributed by atoms with E-state index in [1.54, 1.807) is 6.20 Å². The fraction of sp³-hybridized carbons (Fsp3) is 0.737. The molecule has 2 fully saturated rings. The van der Waals surface area contributed by atoms with Crippen LogP contribution in [0.2, 0.25) is 5.28 Å². The summed E-state index contributed by atoms with van der Waals surface area (Å²) in [5.74, 6) is 0.611. The number of hydrogen-bond donors (Lipinski definition) is 5. The van der Waals surface area contributed by atoms with E-state index >= 15 is 0 Å². The molecule has 1 saturated heterocycles. The van der Waals surface area contributed by atoms with Gasteiger partial charge < -0.3 is 34.8 Å². The number of nitrogens with zero attached hydrogens (tertiary/aromatic N) is 4. The normalized spacial score (nSPS) is 27.2. The van der Waals surface area contributed by atoms with E-state index in [4.69, 9.17) is 30.9 Å². The van der Waals surface area contributed by atoms with Gasteiger partial charge >= 0.3 is 7.60 Å². The molecule has 4 atom stereocenters. The Morgan fingerprint density at radius 3 is 2.55 bits per heavy atom. The molecule has 0 aromatic carbocycles. The second kappa shape index (κ2) is 10.5. The Balaban J connectivity index is 1.46. The molecule has 2 aromatic rings. The van der Waals surface area contributed by atoms with Gasteiger partial charge in [-0.05, 0) is 24.4 Å². The molecule has 0 amide bonds. The Labute approximate surface area is 195 Å². The molecule has 0 bridgehead atoms. The molecule has 184 valence electrons. The maximum atomic E-state index is 10.9. The quantitative estimate of drug-likeness (QED) is 0.198. The van der Waals surface area contributed by atoms with Gasteiger partial charge in [-0.25, -0.2) is 4.68 Å². The minimum atomic E-state index is -4.34. The van der Waals surface area contributed by atoms with Crippen LogP contribution in [-0.2, 0) is 20.6 Å². The fourth-order valence-electron chi connectivity index (χ4n) is 4.36. The highest BCUT2D eigenvalue weighted by atomic mass is 35.5. The van der Waals surface area contributed by atoms with Crippen molar-refractivity contribution in [1.82, 2.24) is 19.7 Å². The van der Waals surface area contributed by atoms with Gasteiger partial charge in [0.05, 0.1) is 24.7 Å². The molecule has 1 aliphatic carbocycles. The van der Waals surface area contributed by atoms with Crippen LogP contribution in [-0.4, -0.2) is 83.2 Å². The summed E-state index contributed by atoms with van der Waals surface area (Å²) < 4.78 is 23.1. The molecular weight excluding hydrogens is 477 g/mol. The van der Waals surface area contributed by atoms with Crippen LogP contribution in [0.4, 0.5) is 5.82 Å². The Hall–Kier alpha value is -1.37. The number of anilines is 1. The summed E-state index contributed by atoms with van der Waals surface area (Å²) in [5, 5.41) is 29.3. The molecule has 12 nitrogen and oxygen atoms in total. The third-order valence-corrected chi connectivity index (χ3v) is 6.71. The van der Waals surface area contributed by atoms with Gasteiger partial charge in [0.2, 0.25) is 5.28 Å². The zero-order valence-corrected chi connectivity index (χ0v) is 19.6. The van der Waals surface area contributed by atoms with Crippen molar-refractivity contribution in [2.24, 2.45) is 0 Å². The lowest BCUT2D eigenvalue weighted by molar-refractivity contribution is -0.0421. The summed E-state index contributed by atoms with van der Waals surface area (Å²) in [4.78, 5) is 26.4. The van der Waals surface area contributed by atoms with E-state index in [9.17, 15) is 14.8 Å². The summed E-state index contributed by atoms with van der Waals surface area (Å²) >= 11 is 6.18. The number of aliphatic hydroxyl groups excluding tert-OH is 2. The van der Waals surface area contributed by atoms with E-state index in [0.717, 1.165) is 25.7 Å². The highest BCUT2D eigenvalue weighted by molar-refractivity contribution is 7.51. The first-order valence-corrected chi connectivity index (χ1v) is 13.2. The monoisotopic (exact) mass is 505 g/mol. The molecule has 2 aromatic heterocycles. The topological polar surface area (TPSA) is 172 Å². The smallest absolute Gasteiger partial charge is 0.350 e. The molecule has 0 spiro atoms. The summed E-state index contributed by atoms with van der Waals surface area (Å²) in [6, 6.07) is 0.300.